The number of amides is 1. The van der Waals surface area contributed by atoms with Crippen molar-refractivity contribution >= 4 is 12.0 Å². The van der Waals surface area contributed by atoms with E-state index >= 15 is 0 Å². The van der Waals surface area contributed by atoms with Crippen molar-refractivity contribution in [2.75, 3.05) is 0 Å². The van der Waals surface area contributed by atoms with Crippen molar-refractivity contribution in [3.8, 4) is 0 Å². The van der Waals surface area contributed by atoms with E-state index in [4.69, 9.17) is 0 Å². The van der Waals surface area contributed by atoms with Crippen LogP contribution < -0.4 is 5.32 Å². The largest absolute Gasteiger partial charge is 0.348 e. The lowest BCUT2D eigenvalue weighted by Crippen LogP contribution is -2.23. The second-order valence-electron chi connectivity index (χ2n) is 3.96. The molecular formula is C16H15NO. The summed E-state index contributed by atoms with van der Waals surface area (Å²) in [4.78, 5) is 12.0. The van der Waals surface area contributed by atoms with Crippen molar-refractivity contribution in [3.63, 3.8) is 0 Å². The van der Waals surface area contributed by atoms with E-state index in [-0.39, 0.29) is 5.91 Å². The third kappa shape index (κ3) is 2.86. The number of rotatable bonds is 4. The molecule has 18 heavy (non-hydrogen) atoms. The van der Waals surface area contributed by atoms with Crippen molar-refractivity contribution in [1.82, 2.24) is 5.32 Å². The molecule has 0 unspecified atom stereocenters. The second kappa shape index (κ2) is 5.82. The first-order chi connectivity index (χ1) is 8.81. The predicted octanol–water partition coefficient (Wildman–Crippen LogP) is 3.26. The van der Waals surface area contributed by atoms with Crippen LogP contribution in [0.3, 0.4) is 0 Å². The van der Waals surface area contributed by atoms with Crippen molar-refractivity contribution in [1.29, 1.82) is 0 Å². The molecule has 0 aliphatic carbocycles. The minimum atomic E-state index is -0.0747. The SMILES string of the molecule is C=Cc1ccccc1C(=O)NCc1ccccc1. The zero-order chi connectivity index (χ0) is 12.8. The van der Waals surface area contributed by atoms with Gasteiger partial charge in [-0.15, -0.1) is 0 Å². The van der Waals surface area contributed by atoms with Crippen LogP contribution in [-0.2, 0) is 6.54 Å². The first-order valence-corrected chi connectivity index (χ1v) is 5.85. The predicted molar refractivity (Wildman–Crippen MR) is 74.1 cm³/mol. The Hall–Kier alpha value is -2.35. The molecule has 2 aromatic rings. The van der Waals surface area contributed by atoms with Crippen LogP contribution in [-0.4, -0.2) is 5.91 Å². The summed E-state index contributed by atoms with van der Waals surface area (Å²) in [6, 6.07) is 17.3. The molecular weight excluding hydrogens is 222 g/mol. The third-order valence-electron chi connectivity index (χ3n) is 2.72. The molecule has 1 N–H and O–H groups in total. The third-order valence-corrected chi connectivity index (χ3v) is 2.72. The Morgan fingerprint density at radius 2 is 1.72 bits per heavy atom. The van der Waals surface area contributed by atoms with Gasteiger partial charge in [-0.2, -0.15) is 0 Å². The molecule has 2 rings (SSSR count). The molecule has 0 atom stereocenters. The van der Waals surface area contributed by atoms with Gasteiger partial charge < -0.3 is 5.32 Å². The van der Waals surface area contributed by atoms with Crippen molar-refractivity contribution in [3.05, 3.63) is 77.9 Å². The van der Waals surface area contributed by atoms with Gasteiger partial charge in [-0.3, -0.25) is 4.79 Å². The molecule has 0 fully saturated rings. The number of nitrogens with one attached hydrogen (secondary N) is 1. The molecule has 0 bridgehead atoms. The maximum absolute atomic E-state index is 12.0. The lowest BCUT2D eigenvalue weighted by molar-refractivity contribution is 0.0950. The second-order valence-corrected chi connectivity index (χ2v) is 3.96. The van der Waals surface area contributed by atoms with E-state index in [0.29, 0.717) is 12.1 Å². The van der Waals surface area contributed by atoms with Gasteiger partial charge in [0.1, 0.15) is 0 Å². The number of carbonyl (C=O) groups excluding carboxylic acids is 1. The average Bonchev–Trinajstić information content (AvgIpc) is 2.45. The average molecular weight is 237 g/mol. The molecule has 0 aromatic heterocycles. The van der Waals surface area contributed by atoms with Gasteiger partial charge >= 0.3 is 0 Å². The van der Waals surface area contributed by atoms with Crippen LogP contribution in [0.15, 0.2) is 61.2 Å². The number of carbonyl (C=O) groups is 1. The molecule has 2 aromatic carbocycles. The monoisotopic (exact) mass is 237 g/mol. The molecule has 0 radical (unpaired) electrons. The molecule has 1 amide bonds. The van der Waals surface area contributed by atoms with E-state index in [9.17, 15) is 4.79 Å². The van der Waals surface area contributed by atoms with Gasteiger partial charge in [-0.25, -0.2) is 0 Å². The Morgan fingerprint density at radius 1 is 1.06 bits per heavy atom. The van der Waals surface area contributed by atoms with Crippen LogP contribution in [0.4, 0.5) is 0 Å². The van der Waals surface area contributed by atoms with Crippen LogP contribution in [0, 0.1) is 0 Å². The zero-order valence-corrected chi connectivity index (χ0v) is 10.1. The molecule has 0 saturated heterocycles. The fraction of sp³-hybridized carbons (Fsp3) is 0.0625. The van der Waals surface area contributed by atoms with E-state index in [1.54, 1.807) is 12.1 Å². The lowest BCUT2D eigenvalue weighted by atomic mass is 10.1. The quantitative estimate of drug-likeness (QED) is 0.868. The minimum Gasteiger partial charge on any atom is -0.348 e. The van der Waals surface area contributed by atoms with Gasteiger partial charge in [-0.05, 0) is 17.2 Å². The Balaban J connectivity index is 2.06. The summed E-state index contributed by atoms with van der Waals surface area (Å²) in [6.07, 6.45) is 1.69. The molecule has 0 aliphatic heterocycles. The van der Waals surface area contributed by atoms with E-state index in [0.717, 1.165) is 11.1 Å². The zero-order valence-electron chi connectivity index (χ0n) is 10.1. The van der Waals surface area contributed by atoms with E-state index < -0.39 is 0 Å². The molecule has 2 nitrogen and oxygen atoms in total. The fourth-order valence-corrected chi connectivity index (χ4v) is 1.76. The van der Waals surface area contributed by atoms with E-state index in [2.05, 4.69) is 11.9 Å². The maximum Gasteiger partial charge on any atom is 0.252 e. The summed E-state index contributed by atoms with van der Waals surface area (Å²) in [5.74, 6) is -0.0747. The van der Waals surface area contributed by atoms with Crippen molar-refractivity contribution < 1.29 is 4.79 Å². The Bertz CT molecular complexity index is 546. The highest BCUT2D eigenvalue weighted by atomic mass is 16.1. The van der Waals surface area contributed by atoms with Crippen LogP contribution >= 0.6 is 0 Å². The standard InChI is InChI=1S/C16H15NO/c1-2-14-10-6-7-11-15(14)16(18)17-12-13-8-4-3-5-9-13/h2-11H,1,12H2,(H,17,18). The molecule has 90 valence electrons. The molecule has 2 heteroatoms. The van der Waals surface area contributed by atoms with Gasteiger partial charge in [0.05, 0.1) is 0 Å². The number of hydrogen-bond donors (Lipinski definition) is 1. The van der Waals surface area contributed by atoms with Crippen molar-refractivity contribution in [2.45, 2.75) is 6.54 Å². The summed E-state index contributed by atoms with van der Waals surface area (Å²) in [7, 11) is 0. The minimum absolute atomic E-state index is 0.0747. The first kappa shape index (κ1) is 12.1. The molecule has 0 aliphatic rings. The summed E-state index contributed by atoms with van der Waals surface area (Å²) in [6.45, 7) is 4.25. The highest BCUT2D eigenvalue weighted by molar-refractivity contribution is 5.97. The van der Waals surface area contributed by atoms with E-state index in [1.165, 1.54) is 0 Å². The summed E-state index contributed by atoms with van der Waals surface area (Å²) < 4.78 is 0. The van der Waals surface area contributed by atoms with Gasteiger partial charge in [0.15, 0.2) is 0 Å². The summed E-state index contributed by atoms with van der Waals surface area (Å²) >= 11 is 0. The summed E-state index contributed by atoms with van der Waals surface area (Å²) in [5.41, 5.74) is 2.59. The molecule has 0 spiro atoms. The smallest absolute Gasteiger partial charge is 0.252 e. The number of hydrogen-bond acceptors (Lipinski definition) is 1. The van der Waals surface area contributed by atoms with Gasteiger partial charge in [0.25, 0.3) is 5.91 Å². The Morgan fingerprint density at radius 3 is 2.44 bits per heavy atom. The van der Waals surface area contributed by atoms with Gasteiger partial charge in [0.2, 0.25) is 0 Å². The first-order valence-electron chi connectivity index (χ1n) is 5.85. The Labute approximate surface area is 107 Å². The molecule has 0 heterocycles. The topological polar surface area (TPSA) is 29.1 Å². The number of benzene rings is 2. The normalized spacial score (nSPS) is 9.78. The maximum atomic E-state index is 12.0. The highest BCUT2D eigenvalue weighted by Gasteiger charge is 2.07. The summed E-state index contributed by atoms with van der Waals surface area (Å²) in [5, 5.41) is 2.90. The molecule has 0 saturated carbocycles. The van der Waals surface area contributed by atoms with Gasteiger partial charge in [-0.1, -0.05) is 61.2 Å². The van der Waals surface area contributed by atoms with Crippen LogP contribution in [0.5, 0.6) is 0 Å². The van der Waals surface area contributed by atoms with Crippen LogP contribution in [0.25, 0.3) is 6.08 Å². The van der Waals surface area contributed by atoms with E-state index in [1.807, 2.05) is 48.5 Å². The Kier molecular flexibility index (Phi) is 3.92. The van der Waals surface area contributed by atoms with Gasteiger partial charge in [0, 0.05) is 12.1 Å². The highest BCUT2D eigenvalue weighted by Crippen LogP contribution is 2.10. The van der Waals surface area contributed by atoms with Crippen molar-refractivity contribution in [2.24, 2.45) is 0 Å². The fourth-order valence-electron chi connectivity index (χ4n) is 1.76. The van der Waals surface area contributed by atoms with Crippen LogP contribution in [0.2, 0.25) is 0 Å². The van der Waals surface area contributed by atoms with Crippen LogP contribution in [0.1, 0.15) is 21.5 Å². The lowest BCUT2D eigenvalue weighted by Gasteiger charge is -2.07.